The average molecular weight is 152 g/mol. The number of hydrogen-bond donors (Lipinski definition) is 1. The van der Waals surface area contributed by atoms with Gasteiger partial charge in [0.1, 0.15) is 5.70 Å². The summed E-state index contributed by atoms with van der Waals surface area (Å²) in [6.07, 6.45) is 6.42. The molecule has 0 aromatic carbocycles. The van der Waals surface area contributed by atoms with Crippen LogP contribution in [0.3, 0.4) is 0 Å². The maximum atomic E-state index is 10.0. The molecule has 4 nitrogen and oxygen atoms in total. The molecule has 1 rings (SSSR count). The number of hydroxylamine groups is 2. The molecule has 0 spiro atoms. The van der Waals surface area contributed by atoms with Crippen LogP contribution in [0.15, 0.2) is 41.0 Å². The average Bonchev–Trinajstić information content (AvgIpc) is 2.04. The van der Waals surface area contributed by atoms with Crippen molar-refractivity contribution >= 4 is 0 Å². The molecule has 0 bridgehead atoms. The highest BCUT2D eigenvalue weighted by molar-refractivity contribution is 5.29. The van der Waals surface area contributed by atoms with E-state index in [4.69, 9.17) is 5.21 Å². The number of nitroso groups, excluding NO2 is 1. The first kappa shape index (κ1) is 7.68. The smallest absolute Gasteiger partial charge is 0.108 e. The van der Waals surface area contributed by atoms with Crippen molar-refractivity contribution in [1.29, 1.82) is 0 Å². The third-order valence-electron chi connectivity index (χ3n) is 1.35. The molecule has 4 heteroatoms. The zero-order valence-electron chi connectivity index (χ0n) is 6.06. The Kier molecular flexibility index (Phi) is 2.18. The molecule has 11 heavy (non-hydrogen) atoms. The molecule has 1 heterocycles. The normalized spacial score (nSPS) is 20.4. The number of nitrogens with zero attached hydrogens (tertiary/aromatic N) is 2. The molecule has 58 valence electrons. The highest BCUT2D eigenvalue weighted by Gasteiger charge is 2.06. The van der Waals surface area contributed by atoms with Gasteiger partial charge in [-0.2, -0.15) is 0 Å². The first-order valence-electron chi connectivity index (χ1n) is 3.13. The Morgan fingerprint density at radius 1 is 1.64 bits per heavy atom. The number of hydrogen-bond acceptors (Lipinski definition) is 4. The Bertz CT molecular complexity index is 253. The molecule has 0 radical (unpaired) electrons. The van der Waals surface area contributed by atoms with Crippen molar-refractivity contribution in [1.82, 2.24) is 5.06 Å². The standard InChI is InChI=1S/C7H8N2O2/c1-6(8-10)7-4-2-3-5-9(7)11/h2-5,11H,1H3. The molecule has 0 amide bonds. The molecule has 0 aliphatic carbocycles. The summed E-state index contributed by atoms with van der Waals surface area (Å²) in [6, 6.07) is 0. The van der Waals surface area contributed by atoms with Gasteiger partial charge in [-0.3, -0.25) is 5.21 Å². The summed E-state index contributed by atoms with van der Waals surface area (Å²) in [5.74, 6) is 0. The van der Waals surface area contributed by atoms with Crippen LogP contribution in [0.1, 0.15) is 6.92 Å². The van der Waals surface area contributed by atoms with Crippen LogP contribution in [-0.4, -0.2) is 10.3 Å². The summed E-state index contributed by atoms with van der Waals surface area (Å²) < 4.78 is 0. The molecule has 0 unspecified atom stereocenters. The van der Waals surface area contributed by atoms with Crippen LogP contribution in [-0.2, 0) is 0 Å². The lowest BCUT2D eigenvalue weighted by Gasteiger charge is -2.15. The van der Waals surface area contributed by atoms with Crippen molar-refractivity contribution in [3.63, 3.8) is 0 Å². The van der Waals surface area contributed by atoms with Crippen molar-refractivity contribution in [2.75, 3.05) is 0 Å². The topological polar surface area (TPSA) is 52.9 Å². The Hall–Kier alpha value is -1.42. The third kappa shape index (κ3) is 1.53. The second-order valence-corrected chi connectivity index (χ2v) is 2.11. The summed E-state index contributed by atoms with van der Waals surface area (Å²) in [6.45, 7) is 1.54. The van der Waals surface area contributed by atoms with Gasteiger partial charge >= 0.3 is 0 Å². The van der Waals surface area contributed by atoms with Crippen LogP contribution in [0.4, 0.5) is 0 Å². The van der Waals surface area contributed by atoms with Crippen LogP contribution in [0.5, 0.6) is 0 Å². The van der Waals surface area contributed by atoms with Crippen LogP contribution in [0.2, 0.25) is 0 Å². The highest BCUT2D eigenvalue weighted by Crippen LogP contribution is 2.14. The fourth-order valence-corrected chi connectivity index (χ4v) is 0.768. The van der Waals surface area contributed by atoms with E-state index < -0.39 is 0 Å². The Morgan fingerprint density at radius 3 is 2.91 bits per heavy atom. The van der Waals surface area contributed by atoms with Gasteiger partial charge in [-0.25, -0.2) is 5.06 Å². The van der Waals surface area contributed by atoms with Gasteiger partial charge in [0, 0.05) is 6.20 Å². The Labute approximate surface area is 64.1 Å². The summed E-state index contributed by atoms with van der Waals surface area (Å²) in [5.41, 5.74) is 0.663. The van der Waals surface area contributed by atoms with Gasteiger partial charge in [0.2, 0.25) is 0 Å². The van der Waals surface area contributed by atoms with Crippen LogP contribution in [0.25, 0.3) is 0 Å². The van der Waals surface area contributed by atoms with Crippen LogP contribution < -0.4 is 0 Å². The maximum absolute atomic E-state index is 10.0. The van der Waals surface area contributed by atoms with Crippen LogP contribution >= 0.6 is 0 Å². The molecule has 0 fully saturated rings. The van der Waals surface area contributed by atoms with E-state index in [-0.39, 0.29) is 5.70 Å². The van der Waals surface area contributed by atoms with Crippen molar-refractivity contribution in [2.45, 2.75) is 6.92 Å². The van der Waals surface area contributed by atoms with Crippen molar-refractivity contribution in [3.05, 3.63) is 40.7 Å². The van der Waals surface area contributed by atoms with Crippen molar-refractivity contribution in [2.24, 2.45) is 5.18 Å². The fourth-order valence-electron chi connectivity index (χ4n) is 0.768. The monoisotopic (exact) mass is 152 g/mol. The number of allylic oxidation sites excluding steroid dienone is 4. The molecule has 0 aromatic rings. The molecule has 1 aliphatic rings. The molecular formula is C7H8N2O2. The van der Waals surface area contributed by atoms with E-state index in [0.29, 0.717) is 5.70 Å². The van der Waals surface area contributed by atoms with E-state index in [1.165, 1.54) is 13.1 Å². The predicted molar refractivity (Wildman–Crippen MR) is 40.4 cm³/mol. The van der Waals surface area contributed by atoms with E-state index in [1.54, 1.807) is 18.2 Å². The van der Waals surface area contributed by atoms with E-state index in [2.05, 4.69) is 5.18 Å². The lowest BCUT2D eigenvalue weighted by molar-refractivity contribution is -0.00144. The van der Waals surface area contributed by atoms with E-state index in [9.17, 15) is 4.91 Å². The molecule has 0 aromatic heterocycles. The van der Waals surface area contributed by atoms with Gasteiger partial charge in [-0.15, -0.1) is 4.91 Å². The predicted octanol–water partition coefficient (Wildman–Crippen LogP) is 1.76. The maximum Gasteiger partial charge on any atom is 0.108 e. The van der Waals surface area contributed by atoms with Crippen molar-refractivity contribution in [3.8, 4) is 0 Å². The Balaban J connectivity index is 2.97. The summed E-state index contributed by atoms with van der Waals surface area (Å²) in [4.78, 5) is 10.0. The quantitative estimate of drug-likeness (QED) is 0.582. The first-order valence-corrected chi connectivity index (χ1v) is 3.13. The minimum Gasteiger partial charge on any atom is -0.284 e. The van der Waals surface area contributed by atoms with Gasteiger partial charge in [-0.05, 0) is 24.3 Å². The highest BCUT2D eigenvalue weighted by atomic mass is 16.5. The lowest BCUT2D eigenvalue weighted by Crippen LogP contribution is -2.12. The second-order valence-electron chi connectivity index (χ2n) is 2.11. The summed E-state index contributed by atoms with van der Waals surface area (Å²) >= 11 is 0. The zero-order valence-corrected chi connectivity index (χ0v) is 6.06. The van der Waals surface area contributed by atoms with E-state index in [1.807, 2.05) is 0 Å². The zero-order chi connectivity index (χ0) is 8.27. The Morgan fingerprint density at radius 2 is 2.36 bits per heavy atom. The molecule has 0 atom stereocenters. The van der Waals surface area contributed by atoms with Gasteiger partial charge in [0.25, 0.3) is 0 Å². The van der Waals surface area contributed by atoms with Gasteiger partial charge < -0.3 is 0 Å². The third-order valence-corrected chi connectivity index (χ3v) is 1.35. The SMILES string of the molecule is CC(N=O)=C1C=CC=CN1O. The minimum absolute atomic E-state index is 0.258. The lowest BCUT2D eigenvalue weighted by atomic mass is 10.2. The fraction of sp³-hybridized carbons (Fsp3) is 0.143. The largest absolute Gasteiger partial charge is 0.284 e. The van der Waals surface area contributed by atoms with E-state index in [0.717, 1.165) is 5.06 Å². The van der Waals surface area contributed by atoms with Crippen LogP contribution in [0, 0.1) is 4.91 Å². The molecule has 1 aliphatic heterocycles. The van der Waals surface area contributed by atoms with Gasteiger partial charge in [0.15, 0.2) is 0 Å². The van der Waals surface area contributed by atoms with Crippen molar-refractivity contribution < 1.29 is 5.21 Å². The minimum atomic E-state index is 0.258. The molecular weight excluding hydrogens is 144 g/mol. The van der Waals surface area contributed by atoms with Gasteiger partial charge in [0.05, 0.1) is 5.70 Å². The van der Waals surface area contributed by atoms with Gasteiger partial charge in [-0.1, -0.05) is 6.08 Å². The second kappa shape index (κ2) is 3.12. The summed E-state index contributed by atoms with van der Waals surface area (Å²) in [5, 5.41) is 12.7. The number of rotatable bonds is 1. The van der Waals surface area contributed by atoms with E-state index >= 15 is 0 Å². The molecule has 0 saturated carbocycles. The molecule has 0 saturated heterocycles. The first-order chi connectivity index (χ1) is 5.25. The molecule has 1 N–H and O–H groups in total. The summed E-state index contributed by atoms with van der Waals surface area (Å²) in [7, 11) is 0.